The first-order valence-corrected chi connectivity index (χ1v) is 8.80. The Labute approximate surface area is 141 Å². The summed E-state index contributed by atoms with van der Waals surface area (Å²) in [6.45, 7) is 6.34. The Morgan fingerprint density at radius 1 is 1.22 bits per heavy atom. The molecule has 0 aliphatic rings. The number of furan rings is 1. The smallest absolute Gasteiger partial charge is 0.223 e. The third kappa shape index (κ3) is 4.58. The van der Waals surface area contributed by atoms with Crippen LogP contribution in [0.3, 0.4) is 0 Å². The molecule has 23 heavy (non-hydrogen) atoms. The molecule has 2 heterocycles. The lowest BCUT2D eigenvalue weighted by atomic mass is 10.1. The van der Waals surface area contributed by atoms with Crippen molar-refractivity contribution in [2.24, 2.45) is 0 Å². The number of nitrogens with zero attached hydrogens (tertiary/aromatic N) is 3. The summed E-state index contributed by atoms with van der Waals surface area (Å²) < 4.78 is 5.51. The summed E-state index contributed by atoms with van der Waals surface area (Å²) in [6.07, 6.45) is 3.06. The second-order valence-corrected chi connectivity index (χ2v) is 6.40. The fourth-order valence-corrected chi connectivity index (χ4v) is 2.93. The first-order valence-electron chi connectivity index (χ1n) is 7.58. The van der Waals surface area contributed by atoms with Gasteiger partial charge in [-0.3, -0.25) is 4.79 Å². The van der Waals surface area contributed by atoms with E-state index in [0.717, 1.165) is 33.6 Å². The standard InChI is InChI=1S/C17H23N3O2S/c1-11-6-7-14(22-11)10-20(4)16(21)9-8-15-12(2)18-17(23-5)19-13(15)3/h6-7H,8-10H2,1-5H3. The van der Waals surface area contributed by atoms with E-state index in [4.69, 9.17) is 4.42 Å². The van der Waals surface area contributed by atoms with Crippen molar-refractivity contribution < 1.29 is 9.21 Å². The van der Waals surface area contributed by atoms with Gasteiger partial charge in [-0.25, -0.2) is 9.97 Å². The van der Waals surface area contributed by atoms with Gasteiger partial charge in [0.15, 0.2) is 5.16 Å². The lowest BCUT2D eigenvalue weighted by Crippen LogP contribution is -2.26. The van der Waals surface area contributed by atoms with Crippen molar-refractivity contribution in [3.05, 3.63) is 40.6 Å². The average Bonchev–Trinajstić information content (AvgIpc) is 2.90. The van der Waals surface area contributed by atoms with Gasteiger partial charge in [-0.15, -0.1) is 0 Å². The Morgan fingerprint density at radius 2 is 1.87 bits per heavy atom. The van der Waals surface area contributed by atoms with Gasteiger partial charge < -0.3 is 9.32 Å². The molecule has 0 unspecified atom stereocenters. The molecular formula is C17H23N3O2S. The van der Waals surface area contributed by atoms with Crippen molar-refractivity contribution in [2.75, 3.05) is 13.3 Å². The number of hydrogen-bond donors (Lipinski definition) is 0. The molecule has 0 spiro atoms. The number of amides is 1. The Balaban J connectivity index is 1.96. The molecule has 0 fully saturated rings. The summed E-state index contributed by atoms with van der Waals surface area (Å²) in [4.78, 5) is 22.9. The molecule has 0 bridgehead atoms. The van der Waals surface area contributed by atoms with E-state index in [9.17, 15) is 4.79 Å². The zero-order valence-corrected chi connectivity index (χ0v) is 15.2. The third-order valence-corrected chi connectivity index (χ3v) is 4.33. The third-order valence-electron chi connectivity index (χ3n) is 3.79. The second kappa shape index (κ2) is 7.64. The van der Waals surface area contributed by atoms with Gasteiger partial charge in [0.2, 0.25) is 5.91 Å². The molecular weight excluding hydrogens is 310 g/mol. The van der Waals surface area contributed by atoms with E-state index in [1.54, 1.807) is 11.9 Å². The predicted octanol–water partition coefficient (Wildman–Crippen LogP) is 3.31. The van der Waals surface area contributed by atoms with Crippen LogP contribution in [0, 0.1) is 20.8 Å². The average molecular weight is 333 g/mol. The molecule has 0 saturated carbocycles. The van der Waals surface area contributed by atoms with E-state index < -0.39 is 0 Å². The van der Waals surface area contributed by atoms with Crippen LogP contribution in [0.2, 0.25) is 0 Å². The number of carbonyl (C=O) groups excluding carboxylic acids is 1. The van der Waals surface area contributed by atoms with Crippen LogP contribution < -0.4 is 0 Å². The quantitative estimate of drug-likeness (QED) is 0.599. The predicted molar refractivity (Wildman–Crippen MR) is 91.5 cm³/mol. The highest BCUT2D eigenvalue weighted by molar-refractivity contribution is 7.98. The van der Waals surface area contributed by atoms with E-state index in [0.29, 0.717) is 19.4 Å². The molecule has 2 rings (SSSR count). The van der Waals surface area contributed by atoms with E-state index in [2.05, 4.69) is 9.97 Å². The summed E-state index contributed by atoms with van der Waals surface area (Å²) in [7, 11) is 1.80. The van der Waals surface area contributed by atoms with Crippen LogP contribution in [0.4, 0.5) is 0 Å². The zero-order chi connectivity index (χ0) is 17.0. The summed E-state index contributed by atoms with van der Waals surface area (Å²) in [5.41, 5.74) is 2.98. The van der Waals surface area contributed by atoms with E-state index in [1.165, 1.54) is 11.8 Å². The molecule has 5 nitrogen and oxygen atoms in total. The van der Waals surface area contributed by atoms with Crippen molar-refractivity contribution in [1.29, 1.82) is 0 Å². The van der Waals surface area contributed by atoms with Crippen LogP contribution >= 0.6 is 11.8 Å². The van der Waals surface area contributed by atoms with Gasteiger partial charge in [0, 0.05) is 24.9 Å². The summed E-state index contributed by atoms with van der Waals surface area (Å²) in [6, 6.07) is 3.81. The Kier molecular flexibility index (Phi) is 5.82. The highest BCUT2D eigenvalue weighted by Gasteiger charge is 2.14. The topological polar surface area (TPSA) is 59.2 Å². The Bertz CT molecular complexity index is 674. The van der Waals surface area contributed by atoms with Crippen molar-refractivity contribution >= 4 is 17.7 Å². The number of thioether (sulfide) groups is 1. The molecule has 0 atom stereocenters. The lowest BCUT2D eigenvalue weighted by Gasteiger charge is -2.16. The first kappa shape index (κ1) is 17.5. The zero-order valence-electron chi connectivity index (χ0n) is 14.3. The maximum absolute atomic E-state index is 12.3. The van der Waals surface area contributed by atoms with Gasteiger partial charge >= 0.3 is 0 Å². The molecule has 0 radical (unpaired) electrons. The number of aryl methyl sites for hydroxylation is 3. The van der Waals surface area contributed by atoms with Gasteiger partial charge in [-0.2, -0.15) is 0 Å². The molecule has 0 aromatic carbocycles. The van der Waals surface area contributed by atoms with Crippen molar-refractivity contribution in [1.82, 2.24) is 14.9 Å². The van der Waals surface area contributed by atoms with Gasteiger partial charge in [-0.1, -0.05) is 11.8 Å². The largest absolute Gasteiger partial charge is 0.464 e. The first-order chi connectivity index (χ1) is 10.9. The summed E-state index contributed by atoms with van der Waals surface area (Å²) >= 11 is 1.53. The van der Waals surface area contributed by atoms with Crippen LogP contribution in [-0.2, 0) is 17.8 Å². The van der Waals surface area contributed by atoms with Crippen LogP contribution in [0.15, 0.2) is 21.7 Å². The highest BCUT2D eigenvalue weighted by atomic mass is 32.2. The van der Waals surface area contributed by atoms with Gasteiger partial charge in [-0.05, 0) is 51.1 Å². The van der Waals surface area contributed by atoms with Gasteiger partial charge in [0.25, 0.3) is 0 Å². The van der Waals surface area contributed by atoms with Crippen molar-refractivity contribution in [2.45, 2.75) is 45.3 Å². The van der Waals surface area contributed by atoms with E-state index in [1.807, 2.05) is 39.2 Å². The molecule has 6 heteroatoms. The molecule has 2 aromatic heterocycles. The SMILES string of the molecule is CSc1nc(C)c(CCC(=O)N(C)Cc2ccc(C)o2)c(C)n1. The molecule has 0 aliphatic heterocycles. The highest BCUT2D eigenvalue weighted by Crippen LogP contribution is 2.18. The molecule has 1 amide bonds. The van der Waals surface area contributed by atoms with E-state index >= 15 is 0 Å². The summed E-state index contributed by atoms with van der Waals surface area (Å²) in [5, 5.41) is 0.778. The molecule has 124 valence electrons. The second-order valence-electron chi connectivity index (χ2n) is 5.62. The Morgan fingerprint density at radius 3 is 2.39 bits per heavy atom. The lowest BCUT2D eigenvalue weighted by molar-refractivity contribution is -0.130. The van der Waals surface area contributed by atoms with Crippen molar-refractivity contribution in [3.8, 4) is 0 Å². The fraction of sp³-hybridized carbons (Fsp3) is 0.471. The minimum atomic E-state index is 0.0896. The maximum Gasteiger partial charge on any atom is 0.223 e. The van der Waals surface area contributed by atoms with E-state index in [-0.39, 0.29) is 5.91 Å². The van der Waals surface area contributed by atoms with Crippen LogP contribution in [0.5, 0.6) is 0 Å². The molecule has 0 N–H and O–H groups in total. The summed E-state index contributed by atoms with van der Waals surface area (Å²) in [5.74, 6) is 1.75. The molecule has 2 aromatic rings. The molecule has 0 aliphatic carbocycles. The minimum Gasteiger partial charge on any atom is -0.464 e. The van der Waals surface area contributed by atoms with Crippen LogP contribution in [0.1, 0.15) is 34.9 Å². The maximum atomic E-state index is 12.3. The van der Waals surface area contributed by atoms with Crippen molar-refractivity contribution in [3.63, 3.8) is 0 Å². The van der Waals surface area contributed by atoms with Crippen LogP contribution in [0.25, 0.3) is 0 Å². The number of aromatic nitrogens is 2. The number of rotatable bonds is 6. The molecule has 0 saturated heterocycles. The Hall–Kier alpha value is -1.82. The number of hydrogen-bond acceptors (Lipinski definition) is 5. The fourth-order valence-electron chi connectivity index (χ4n) is 2.48. The van der Waals surface area contributed by atoms with Gasteiger partial charge in [0.05, 0.1) is 6.54 Å². The van der Waals surface area contributed by atoms with Crippen LogP contribution in [-0.4, -0.2) is 34.1 Å². The monoisotopic (exact) mass is 333 g/mol. The minimum absolute atomic E-state index is 0.0896. The normalized spacial score (nSPS) is 10.8. The number of carbonyl (C=O) groups is 1. The van der Waals surface area contributed by atoms with Gasteiger partial charge in [0.1, 0.15) is 11.5 Å².